The van der Waals surface area contributed by atoms with Crippen LogP contribution < -0.4 is 10.1 Å². The van der Waals surface area contributed by atoms with Crippen LogP contribution in [0.15, 0.2) is 43.0 Å². The van der Waals surface area contributed by atoms with E-state index in [1.54, 1.807) is 6.20 Å². The number of benzene rings is 1. The molecule has 0 aliphatic heterocycles. The fourth-order valence-electron chi connectivity index (χ4n) is 2.18. The molecule has 0 radical (unpaired) electrons. The van der Waals surface area contributed by atoms with Crippen molar-refractivity contribution in [1.29, 1.82) is 0 Å². The Morgan fingerprint density at radius 3 is 2.84 bits per heavy atom. The first-order chi connectivity index (χ1) is 9.35. The molecule has 0 saturated heterocycles. The van der Waals surface area contributed by atoms with E-state index in [0.29, 0.717) is 6.61 Å². The zero-order valence-electron chi connectivity index (χ0n) is 11.5. The molecule has 0 aliphatic carbocycles. The molecule has 1 N–H and O–H groups in total. The van der Waals surface area contributed by atoms with Gasteiger partial charge in [-0.15, -0.1) is 0 Å². The van der Waals surface area contributed by atoms with E-state index in [9.17, 15) is 0 Å². The molecular formula is C15H21N3O. The Balaban J connectivity index is 2.22. The van der Waals surface area contributed by atoms with Gasteiger partial charge in [-0.1, -0.05) is 25.1 Å². The Labute approximate surface area is 114 Å². The first-order valence-electron chi connectivity index (χ1n) is 6.76. The molecule has 19 heavy (non-hydrogen) atoms. The summed E-state index contributed by atoms with van der Waals surface area (Å²) < 4.78 is 7.80. The van der Waals surface area contributed by atoms with Crippen molar-refractivity contribution in [3.63, 3.8) is 0 Å². The summed E-state index contributed by atoms with van der Waals surface area (Å²) in [6, 6.07) is 8.43. The number of para-hydroxylation sites is 1. The summed E-state index contributed by atoms with van der Waals surface area (Å²) in [7, 11) is 0. The van der Waals surface area contributed by atoms with Crippen molar-refractivity contribution in [3.8, 4) is 5.75 Å². The summed E-state index contributed by atoms with van der Waals surface area (Å²) in [4.78, 5) is 4.09. The molecule has 0 spiro atoms. The van der Waals surface area contributed by atoms with Gasteiger partial charge in [-0.3, -0.25) is 0 Å². The van der Waals surface area contributed by atoms with Crippen molar-refractivity contribution in [1.82, 2.24) is 14.9 Å². The van der Waals surface area contributed by atoms with E-state index in [1.807, 2.05) is 31.6 Å². The molecule has 2 aromatic rings. The average molecular weight is 259 g/mol. The van der Waals surface area contributed by atoms with E-state index >= 15 is 0 Å². The van der Waals surface area contributed by atoms with Gasteiger partial charge >= 0.3 is 0 Å². The normalized spacial score (nSPS) is 12.3. The maximum Gasteiger partial charge on any atom is 0.124 e. The van der Waals surface area contributed by atoms with Gasteiger partial charge in [0.2, 0.25) is 0 Å². The molecule has 1 atom stereocenters. The lowest BCUT2D eigenvalue weighted by molar-refractivity contribution is 0.328. The molecular weight excluding hydrogens is 238 g/mol. The number of aromatic nitrogens is 2. The number of nitrogens with one attached hydrogen (secondary N) is 1. The number of nitrogens with zero attached hydrogens (tertiary/aromatic N) is 2. The Morgan fingerprint density at radius 2 is 2.16 bits per heavy atom. The minimum absolute atomic E-state index is 0.224. The lowest BCUT2D eigenvalue weighted by Crippen LogP contribution is -2.25. The summed E-state index contributed by atoms with van der Waals surface area (Å²) in [5, 5.41) is 3.51. The topological polar surface area (TPSA) is 39.1 Å². The number of imidazole rings is 1. The van der Waals surface area contributed by atoms with Crippen LogP contribution in [0.3, 0.4) is 0 Å². The zero-order chi connectivity index (χ0) is 13.5. The number of hydrogen-bond acceptors (Lipinski definition) is 3. The molecule has 0 aliphatic rings. The standard InChI is InChI=1S/C15H21N3O/c1-3-17-14(11-18-10-9-16-12-18)13-7-5-6-8-15(13)19-4-2/h5-10,12,14,17H,3-4,11H2,1-2H3. The summed E-state index contributed by atoms with van der Waals surface area (Å²) in [5.74, 6) is 0.955. The Morgan fingerprint density at radius 1 is 1.32 bits per heavy atom. The van der Waals surface area contributed by atoms with Crippen LogP contribution in [0.4, 0.5) is 0 Å². The zero-order valence-corrected chi connectivity index (χ0v) is 11.5. The van der Waals surface area contributed by atoms with E-state index in [4.69, 9.17) is 4.74 Å². The SMILES string of the molecule is CCNC(Cn1ccnc1)c1ccccc1OCC. The second-order valence-corrected chi connectivity index (χ2v) is 4.34. The van der Waals surface area contributed by atoms with Gasteiger partial charge in [-0.05, 0) is 19.5 Å². The summed E-state index contributed by atoms with van der Waals surface area (Å²) in [6.07, 6.45) is 5.62. The van der Waals surface area contributed by atoms with Crippen LogP contribution in [0.1, 0.15) is 25.5 Å². The van der Waals surface area contributed by atoms with E-state index < -0.39 is 0 Å². The summed E-state index contributed by atoms with van der Waals surface area (Å²) in [5.41, 5.74) is 1.19. The third kappa shape index (κ3) is 3.58. The predicted octanol–water partition coefficient (Wildman–Crippen LogP) is 2.63. The van der Waals surface area contributed by atoms with E-state index in [2.05, 4.69) is 33.9 Å². The van der Waals surface area contributed by atoms with E-state index in [-0.39, 0.29) is 6.04 Å². The van der Waals surface area contributed by atoms with Crippen LogP contribution in [0.5, 0.6) is 5.75 Å². The highest BCUT2D eigenvalue weighted by Gasteiger charge is 2.15. The van der Waals surface area contributed by atoms with Crippen LogP contribution in [0.2, 0.25) is 0 Å². The largest absolute Gasteiger partial charge is 0.494 e. The number of rotatable bonds is 7. The highest BCUT2D eigenvalue weighted by atomic mass is 16.5. The van der Waals surface area contributed by atoms with Crippen molar-refractivity contribution in [2.24, 2.45) is 0 Å². The van der Waals surface area contributed by atoms with Crippen molar-refractivity contribution in [2.45, 2.75) is 26.4 Å². The van der Waals surface area contributed by atoms with Crippen molar-refractivity contribution >= 4 is 0 Å². The smallest absolute Gasteiger partial charge is 0.124 e. The second kappa shape index (κ2) is 6.95. The van der Waals surface area contributed by atoms with Crippen LogP contribution in [0, 0.1) is 0 Å². The Hall–Kier alpha value is -1.81. The van der Waals surface area contributed by atoms with Crippen molar-refractivity contribution < 1.29 is 4.74 Å². The van der Waals surface area contributed by atoms with E-state index in [1.165, 1.54) is 5.56 Å². The fourth-order valence-corrected chi connectivity index (χ4v) is 2.18. The Bertz CT molecular complexity index is 482. The maximum atomic E-state index is 5.72. The monoisotopic (exact) mass is 259 g/mol. The summed E-state index contributed by atoms with van der Waals surface area (Å²) >= 11 is 0. The van der Waals surface area contributed by atoms with Crippen LogP contribution in [-0.2, 0) is 6.54 Å². The molecule has 4 heteroatoms. The quantitative estimate of drug-likeness (QED) is 0.831. The van der Waals surface area contributed by atoms with Crippen LogP contribution in [0.25, 0.3) is 0 Å². The molecule has 0 amide bonds. The Kier molecular flexibility index (Phi) is 4.98. The van der Waals surface area contributed by atoms with Crippen molar-refractivity contribution in [3.05, 3.63) is 48.5 Å². The third-order valence-electron chi connectivity index (χ3n) is 3.00. The molecule has 2 rings (SSSR count). The minimum atomic E-state index is 0.224. The van der Waals surface area contributed by atoms with E-state index in [0.717, 1.165) is 18.8 Å². The number of hydrogen-bond donors (Lipinski definition) is 1. The number of likely N-dealkylation sites (N-methyl/N-ethyl adjacent to an activating group) is 1. The number of ether oxygens (including phenoxy) is 1. The van der Waals surface area contributed by atoms with Crippen LogP contribution in [-0.4, -0.2) is 22.7 Å². The molecule has 0 fully saturated rings. The lowest BCUT2D eigenvalue weighted by atomic mass is 10.1. The fraction of sp³-hybridized carbons (Fsp3) is 0.400. The maximum absolute atomic E-state index is 5.72. The molecule has 1 heterocycles. The van der Waals surface area contributed by atoms with Gasteiger partial charge in [-0.2, -0.15) is 0 Å². The highest BCUT2D eigenvalue weighted by Crippen LogP contribution is 2.26. The van der Waals surface area contributed by atoms with Gasteiger partial charge in [0.05, 0.1) is 19.0 Å². The highest BCUT2D eigenvalue weighted by molar-refractivity contribution is 5.36. The van der Waals surface area contributed by atoms with Gasteiger partial charge in [0.15, 0.2) is 0 Å². The molecule has 4 nitrogen and oxygen atoms in total. The van der Waals surface area contributed by atoms with Crippen molar-refractivity contribution in [2.75, 3.05) is 13.2 Å². The van der Waals surface area contributed by atoms with Gasteiger partial charge in [0.1, 0.15) is 5.75 Å². The molecule has 1 aromatic carbocycles. The molecule has 0 saturated carbocycles. The van der Waals surface area contributed by atoms with Gasteiger partial charge in [0.25, 0.3) is 0 Å². The first kappa shape index (κ1) is 13.6. The molecule has 1 unspecified atom stereocenters. The minimum Gasteiger partial charge on any atom is -0.494 e. The molecule has 102 valence electrons. The van der Waals surface area contributed by atoms with Gasteiger partial charge < -0.3 is 14.6 Å². The molecule has 1 aromatic heterocycles. The average Bonchev–Trinajstić information content (AvgIpc) is 2.92. The summed E-state index contributed by atoms with van der Waals surface area (Å²) in [6.45, 7) is 6.57. The molecule has 0 bridgehead atoms. The third-order valence-corrected chi connectivity index (χ3v) is 3.00. The lowest BCUT2D eigenvalue weighted by Gasteiger charge is -2.21. The van der Waals surface area contributed by atoms with Gasteiger partial charge in [-0.25, -0.2) is 4.98 Å². The van der Waals surface area contributed by atoms with Gasteiger partial charge in [0, 0.05) is 24.5 Å². The van der Waals surface area contributed by atoms with Crippen LogP contribution >= 0.6 is 0 Å². The second-order valence-electron chi connectivity index (χ2n) is 4.34. The first-order valence-corrected chi connectivity index (χ1v) is 6.76. The predicted molar refractivity (Wildman–Crippen MR) is 76.3 cm³/mol.